The predicted octanol–water partition coefficient (Wildman–Crippen LogP) is 3.89. The van der Waals surface area contributed by atoms with E-state index in [2.05, 4.69) is 5.10 Å². The number of fused-ring (bicyclic) bond motifs is 1. The molecule has 1 aromatic rings. The molecule has 0 bridgehead atoms. The van der Waals surface area contributed by atoms with Crippen LogP contribution < -0.4 is 5.01 Å². The second-order valence-corrected chi connectivity index (χ2v) is 5.48. The Morgan fingerprint density at radius 3 is 2.83 bits per heavy atom. The average molecular weight is 283 g/mol. The molecule has 18 heavy (non-hydrogen) atoms. The van der Waals surface area contributed by atoms with Gasteiger partial charge in [0.25, 0.3) is 5.91 Å². The Balaban J connectivity index is 1.97. The fourth-order valence-corrected chi connectivity index (χ4v) is 3.02. The normalized spacial score (nSPS) is 23.0. The van der Waals surface area contributed by atoms with Crippen molar-refractivity contribution in [3.63, 3.8) is 0 Å². The monoisotopic (exact) mass is 282 g/mol. The molecule has 1 atom stereocenters. The van der Waals surface area contributed by atoms with Crippen LogP contribution >= 0.6 is 23.2 Å². The molecule has 3 rings (SSSR count). The highest BCUT2D eigenvalue weighted by atomic mass is 35.5. The van der Waals surface area contributed by atoms with Gasteiger partial charge in [0.2, 0.25) is 0 Å². The van der Waals surface area contributed by atoms with Gasteiger partial charge in [-0.2, -0.15) is 10.1 Å². The number of benzene rings is 1. The smallest absolute Gasteiger partial charge is 0.256 e. The van der Waals surface area contributed by atoms with E-state index in [0.717, 1.165) is 31.4 Å². The van der Waals surface area contributed by atoms with E-state index in [1.54, 1.807) is 18.2 Å². The first-order valence-electron chi connectivity index (χ1n) is 6.03. The molecule has 0 saturated heterocycles. The summed E-state index contributed by atoms with van der Waals surface area (Å²) in [5, 5.41) is 6.87. The van der Waals surface area contributed by atoms with E-state index >= 15 is 0 Å². The van der Waals surface area contributed by atoms with Crippen molar-refractivity contribution in [3.05, 3.63) is 28.2 Å². The first kappa shape index (κ1) is 12.0. The first-order chi connectivity index (χ1) is 8.66. The maximum atomic E-state index is 12.3. The Kier molecular flexibility index (Phi) is 3.04. The van der Waals surface area contributed by atoms with Crippen molar-refractivity contribution < 1.29 is 4.79 Å². The van der Waals surface area contributed by atoms with Gasteiger partial charge in [0, 0.05) is 5.02 Å². The first-order valence-corrected chi connectivity index (χ1v) is 6.79. The summed E-state index contributed by atoms with van der Waals surface area (Å²) in [7, 11) is 0. The van der Waals surface area contributed by atoms with Crippen molar-refractivity contribution in [2.75, 3.05) is 5.01 Å². The molecule has 94 valence electrons. The van der Waals surface area contributed by atoms with Crippen molar-refractivity contribution in [2.45, 2.75) is 25.7 Å². The lowest BCUT2D eigenvalue weighted by Crippen LogP contribution is -2.29. The molecule has 0 aromatic heterocycles. The lowest BCUT2D eigenvalue weighted by molar-refractivity contribution is -0.120. The van der Waals surface area contributed by atoms with Crippen LogP contribution in [-0.4, -0.2) is 11.6 Å². The summed E-state index contributed by atoms with van der Waals surface area (Å²) < 4.78 is 0. The summed E-state index contributed by atoms with van der Waals surface area (Å²) in [5.74, 6) is -0.000540. The van der Waals surface area contributed by atoms with Crippen molar-refractivity contribution in [1.29, 1.82) is 0 Å². The van der Waals surface area contributed by atoms with Crippen molar-refractivity contribution >= 4 is 40.5 Å². The molecule has 1 aliphatic carbocycles. The number of anilines is 1. The molecule has 1 heterocycles. The van der Waals surface area contributed by atoms with Crippen LogP contribution in [0.5, 0.6) is 0 Å². The molecule has 0 radical (unpaired) electrons. The van der Waals surface area contributed by atoms with Crippen LogP contribution in [0.25, 0.3) is 0 Å². The number of halogens is 2. The van der Waals surface area contributed by atoms with Gasteiger partial charge in [-0.15, -0.1) is 0 Å². The molecule has 1 aliphatic heterocycles. The number of hydrogen-bond donors (Lipinski definition) is 0. The van der Waals surface area contributed by atoms with Crippen molar-refractivity contribution in [1.82, 2.24) is 0 Å². The minimum atomic E-state index is -0.0366. The summed E-state index contributed by atoms with van der Waals surface area (Å²) in [6.07, 6.45) is 4.03. The van der Waals surface area contributed by atoms with Crippen molar-refractivity contribution in [2.24, 2.45) is 11.0 Å². The van der Waals surface area contributed by atoms with E-state index in [-0.39, 0.29) is 11.8 Å². The Labute approximate surface area is 115 Å². The number of hydrogen-bond acceptors (Lipinski definition) is 2. The molecule has 1 amide bonds. The van der Waals surface area contributed by atoms with Gasteiger partial charge >= 0.3 is 0 Å². The molecule has 5 heteroatoms. The molecule has 3 nitrogen and oxygen atoms in total. The van der Waals surface area contributed by atoms with Crippen LogP contribution in [0.4, 0.5) is 5.69 Å². The van der Waals surface area contributed by atoms with Gasteiger partial charge in [-0.25, -0.2) is 0 Å². The van der Waals surface area contributed by atoms with Crippen LogP contribution in [-0.2, 0) is 4.79 Å². The van der Waals surface area contributed by atoms with Crippen LogP contribution in [0.3, 0.4) is 0 Å². The number of hydrazone groups is 1. The van der Waals surface area contributed by atoms with Gasteiger partial charge in [0.1, 0.15) is 0 Å². The van der Waals surface area contributed by atoms with Crippen LogP contribution in [0.2, 0.25) is 10.0 Å². The van der Waals surface area contributed by atoms with Gasteiger partial charge in [0.15, 0.2) is 0 Å². The van der Waals surface area contributed by atoms with E-state index in [4.69, 9.17) is 23.2 Å². The molecule has 1 aromatic carbocycles. The van der Waals surface area contributed by atoms with Crippen LogP contribution in [0, 0.1) is 5.92 Å². The van der Waals surface area contributed by atoms with Gasteiger partial charge < -0.3 is 0 Å². The second kappa shape index (κ2) is 4.56. The number of carbonyl (C=O) groups excluding carboxylic acids is 1. The van der Waals surface area contributed by atoms with Gasteiger partial charge in [-0.3, -0.25) is 4.79 Å². The quantitative estimate of drug-likeness (QED) is 0.769. The molecule has 2 aliphatic rings. The number of amides is 1. The standard InChI is InChI=1S/C13H12Cl2N2O/c14-8-5-6-12(10(15)7-8)17-13(18)9-3-1-2-4-11(9)16-17/h5-7,9H,1-4H2. The third kappa shape index (κ3) is 1.91. The summed E-state index contributed by atoms with van der Waals surface area (Å²) in [6, 6.07) is 5.09. The molecule has 1 saturated carbocycles. The topological polar surface area (TPSA) is 32.7 Å². The minimum Gasteiger partial charge on any atom is -0.272 e. The zero-order valence-corrected chi connectivity index (χ0v) is 11.2. The highest BCUT2D eigenvalue weighted by molar-refractivity contribution is 6.37. The molecular weight excluding hydrogens is 271 g/mol. The highest BCUT2D eigenvalue weighted by Crippen LogP contribution is 2.36. The van der Waals surface area contributed by atoms with E-state index in [9.17, 15) is 4.79 Å². The third-order valence-electron chi connectivity index (χ3n) is 3.45. The molecule has 0 spiro atoms. The third-order valence-corrected chi connectivity index (χ3v) is 3.99. The zero-order valence-electron chi connectivity index (χ0n) is 9.70. The number of rotatable bonds is 1. The zero-order chi connectivity index (χ0) is 12.7. The molecule has 1 fully saturated rings. The van der Waals surface area contributed by atoms with E-state index in [1.165, 1.54) is 5.01 Å². The summed E-state index contributed by atoms with van der Waals surface area (Å²) in [5.41, 5.74) is 1.62. The SMILES string of the molecule is O=C1C2CCCCC2=NN1c1ccc(Cl)cc1Cl. The number of carbonyl (C=O) groups is 1. The van der Waals surface area contributed by atoms with E-state index in [0.29, 0.717) is 15.7 Å². The van der Waals surface area contributed by atoms with Crippen LogP contribution in [0.1, 0.15) is 25.7 Å². The Bertz CT molecular complexity index is 542. The lowest BCUT2D eigenvalue weighted by Gasteiger charge is -2.17. The lowest BCUT2D eigenvalue weighted by atomic mass is 9.87. The summed E-state index contributed by atoms with van der Waals surface area (Å²) in [6.45, 7) is 0. The summed E-state index contributed by atoms with van der Waals surface area (Å²) in [4.78, 5) is 12.3. The summed E-state index contributed by atoms with van der Waals surface area (Å²) >= 11 is 12.0. The Hall–Kier alpha value is -1.06. The Morgan fingerprint density at radius 1 is 1.28 bits per heavy atom. The highest BCUT2D eigenvalue weighted by Gasteiger charge is 2.38. The fraction of sp³-hybridized carbons (Fsp3) is 0.385. The second-order valence-electron chi connectivity index (χ2n) is 4.64. The van der Waals surface area contributed by atoms with Crippen LogP contribution in [0.15, 0.2) is 23.3 Å². The molecule has 1 unspecified atom stereocenters. The molecular formula is C13H12Cl2N2O. The van der Waals surface area contributed by atoms with E-state index in [1.807, 2.05) is 0 Å². The van der Waals surface area contributed by atoms with E-state index < -0.39 is 0 Å². The fourth-order valence-electron chi connectivity index (χ4n) is 2.53. The molecule has 0 N–H and O–H groups in total. The maximum absolute atomic E-state index is 12.3. The van der Waals surface area contributed by atoms with Gasteiger partial charge in [-0.05, 0) is 37.5 Å². The minimum absolute atomic E-state index is 0.0360. The van der Waals surface area contributed by atoms with Gasteiger partial charge in [0.05, 0.1) is 22.3 Å². The Morgan fingerprint density at radius 2 is 2.11 bits per heavy atom. The maximum Gasteiger partial charge on any atom is 0.256 e. The number of nitrogens with zero attached hydrogens (tertiary/aromatic N) is 2. The van der Waals surface area contributed by atoms with Gasteiger partial charge in [-0.1, -0.05) is 29.6 Å². The van der Waals surface area contributed by atoms with Crippen molar-refractivity contribution in [3.8, 4) is 0 Å². The average Bonchev–Trinajstić information content (AvgIpc) is 2.68. The predicted molar refractivity (Wildman–Crippen MR) is 73.3 cm³/mol. The largest absolute Gasteiger partial charge is 0.272 e.